The topological polar surface area (TPSA) is 125 Å². The van der Waals surface area contributed by atoms with Crippen molar-refractivity contribution in [3.63, 3.8) is 0 Å². The van der Waals surface area contributed by atoms with Crippen molar-refractivity contribution in [3.8, 4) is 22.9 Å². The molecule has 0 unspecified atom stereocenters. The number of anilines is 2. The Balaban J connectivity index is 1.28. The Labute approximate surface area is 211 Å². The fraction of sp³-hybridized carbons (Fsp3) is 0.148. The van der Waals surface area contributed by atoms with Crippen molar-refractivity contribution in [1.82, 2.24) is 24.9 Å². The van der Waals surface area contributed by atoms with Crippen LogP contribution in [0.25, 0.3) is 22.9 Å². The SMILES string of the molecule is Nc1nc(-c2cc(-c3ccon3)n(Cc3ccccc3F)n2)ncc1NC(=O)C1(c2ccccc2)CC1. The lowest BCUT2D eigenvalue weighted by atomic mass is 9.95. The number of amides is 1. The molecule has 10 heteroatoms. The summed E-state index contributed by atoms with van der Waals surface area (Å²) in [5.74, 6) is -0.0926. The van der Waals surface area contributed by atoms with Gasteiger partial charge in [0.1, 0.15) is 29.2 Å². The maximum absolute atomic E-state index is 14.3. The quantitative estimate of drug-likeness (QED) is 0.342. The Kier molecular flexibility index (Phi) is 5.48. The van der Waals surface area contributed by atoms with Crippen LogP contribution in [0.1, 0.15) is 24.0 Å². The van der Waals surface area contributed by atoms with Gasteiger partial charge in [0, 0.05) is 11.6 Å². The molecule has 1 saturated carbocycles. The van der Waals surface area contributed by atoms with E-state index in [1.54, 1.807) is 35.0 Å². The Bertz CT molecular complexity index is 1580. The smallest absolute Gasteiger partial charge is 0.235 e. The summed E-state index contributed by atoms with van der Waals surface area (Å²) in [6, 6.07) is 19.6. The van der Waals surface area contributed by atoms with Gasteiger partial charge in [0.05, 0.1) is 23.9 Å². The van der Waals surface area contributed by atoms with Crippen LogP contribution in [0, 0.1) is 5.82 Å². The molecule has 1 amide bonds. The number of nitrogen functional groups attached to an aromatic ring is 1. The number of nitrogens with zero attached hydrogens (tertiary/aromatic N) is 5. The zero-order valence-electron chi connectivity index (χ0n) is 19.6. The zero-order valence-corrected chi connectivity index (χ0v) is 19.6. The van der Waals surface area contributed by atoms with Crippen molar-refractivity contribution in [1.29, 1.82) is 0 Å². The molecule has 0 saturated heterocycles. The van der Waals surface area contributed by atoms with Gasteiger partial charge in [-0.25, -0.2) is 14.4 Å². The molecule has 5 aromatic rings. The highest BCUT2D eigenvalue weighted by atomic mass is 19.1. The van der Waals surface area contributed by atoms with Crippen molar-refractivity contribution in [2.24, 2.45) is 0 Å². The summed E-state index contributed by atoms with van der Waals surface area (Å²) < 4.78 is 20.9. The Morgan fingerprint density at radius 2 is 1.86 bits per heavy atom. The molecular weight excluding hydrogens is 473 g/mol. The van der Waals surface area contributed by atoms with Crippen LogP contribution in [-0.4, -0.2) is 30.8 Å². The van der Waals surface area contributed by atoms with Gasteiger partial charge in [0.15, 0.2) is 11.6 Å². The van der Waals surface area contributed by atoms with E-state index in [0.29, 0.717) is 28.3 Å². The highest BCUT2D eigenvalue weighted by Crippen LogP contribution is 2.49. The number of carbonyl (C=O) groups is 1. The molecule has 37 heavy (non-hydrogen) atoms. The van der Waals surface area contributed by atoms with E-state index >= 15 is 0 Å². The van der Waals surface area contributed by atoms with Crippen LogP contribution in [0.5, 0.6) is 0 Å². The largest absolute Gasteiger partial charge is 0.382 e. The summed E-state index contributed by atoms with van der Waals surface area (Å²) in [5, 5.41) is 11.5. The first-order chi connectivity index (χ1) is 18.0. The number of nitrogens with two attached hydrogens (primary N) is 1. The van der Waals surface area contributed by atoms with E-state index in [1.807, 2.05) is 30.3 Å². The van der Waals surface area contributed by atoms with Gasteiger partial charge in [-0.2, -0.15) is 5.10 Å². The average molecular weight is 496 g/mol. The van der Waals surface area contributed by atoms with Crippen LogP contribution in [0.2, 0.25) is 0 Å². The van der Waals surface area contributed by atoms with E-state index < -0.39 is 5.41 Å². The van der Waals surface area contributed by atoms with Gasteiger partial charge in [-0.05, 0) is 30.5 Å². The second kappa shape index (κ2) is 8.98. The first kappa shape index (κ1) is 22.6. The van der Waals surface area contributed by atoms with Crippen LogP contribution in [-0.2, 0) is 16.8 Å². The number of hydrogen-bond acceptors (Lipinski definition) is 7. The Morgan fingerprint density at radius 1 is 1.08 bits per heavy atom. The van der Waals surface area contributed by atoms with Gasteiger partial charge in [-0.3, -0.25) is 9.48 Å². The Morgan fingerprint density at radius 3 is 2.57 bits per heavy atom. The molecule has 1 aliphatic rings. The number of carbonyl (C=O) groups excluding carboxylic acids is 1. The third kappa shape index (κ3) is 4.22. The third-order valence-electron chi connectivity index (χ3n) is 6.56. The average Bonchev–Trinajstić information content (AvgIpc) is 3.34. The van der Waals surface area contributed by atoms with Gasteiger partial charge in [-0.1, -0.05) is 53.7 Å². The van der Waals surface area contributed by atoms with Gasteiger partial charge in [-0.15, -0.1) is 0 Å². The molecule has 0 bridgehead atoms. The maximum Gasteiger partial charge on any atom is 0.235 e. The van der Waals surface area contributed by atoms with Crippen molar-refractivity contribution in [3.05, 3.63) is 96.1 Å². The van der Waals surface area contributed by atoms with E-state index in [9.17, 15) is 9.18 Å². The van der Waals surface area contributed by atoms with Crippen molar-refractivity contribution in [2.75, 3.05) is 11.1 Å². The number of nitrogens with one attached hydrogen (secondary N) is 1. The van der Waals surface area contributed by atoms with E-state index in [0.717, 1.165) is 18.4 Å². The van der Waals surface area contributed by atoms with Crippen LogP contribution in [0.15, 0.2) is 83.7 Å². The third-order valence-corrected chi connectivity index (χ3v) is 6.56. The molecule has 2 aromatic carbocycles. The second-order valence-corrected chi connectivity index (χ2v) is 8.94. The van der Waals surface area contributed by atoms with Crippen molar-refractivity contribution < 1.29 is 13.7 Å². The molecule has 1 aliphatic carbocycles. The second-order valence-electron chi connectivity index (χ2n) is 8.94. The van der Waals surface area contributed by atoms with Crippen LogP contribution in [0.3, 0.4) is 0 Å². The molecule has 3 N–H and O–H groups in total. The lowest BCUT2D eigenvalue weighted by molar-refractivity contribution is -0.118. The van der Waals surface area contributed by atoms with E-state index in [1.165, 1.54) is 18.5 Å². The molecule has 3 aromatic heterocycles. The van der Waals surface area contributed by atoms with E-state index in [4.69, 9.17) is 10.3 Å². The summed E-state index contributed by atoms with van der Waals surface area (Å²) in [7, 11) is 0. The normalized spacial score (nSPS) is 13.9. The molecule has 1 fully saturated rings. The molecule has 0 atom stereocenters. The first-order valence-corrected chi connectivity index (χ1v) is 11.8. The predicted octanol–water partition coefficient (Wildman–Crippen LogP) is 4.44. The molecule has 9 nitrogen and oxygen atoms in total. The summed E-state index contributed by atoms with van der Waals surface area (Å²) >= 11 is 0. The zero-order chi connectivity index (χ0) is 25.4. The molecule has 0 spiro atoms. The molecule has 0 aliphatic heterocycles. The summed E-state index contributed by atoms with van der Waals surface area (Å²) in [5.41, 5.74) is 8.99. The summed E-state index contributed by atoms with van der Waals surface area (Å²) in [6.07, 6.45) is 4.46. The minimum atomic E-state index is -0.551. The lowest BCUT2D eigenvalue weighted by Crippen LogP contribution is -2.28. The highest BCUT2D eigenvalue weighted by Gasteiger charge is 2.51. The van der Waals surface area contributed by atoms with E-state index in [2.05, 4.69) is 25.5 Å². The predicted molar refractivity (Wildman–Crippen MR) is 135 cm³/mol. The molecular formula is C27H22FN7O2. The van der Waals surface area contributed by atoms with Crippen molar-refractivity contribution >= 4 is 17.4 Å². The number of aromatic nitrogens is 5. The standard InChI is InChI=1S/C27H22FN7O2/c28-19-9-5-4-6-17(19)16-35-23(20-10-13-37-34-20)14-21(33-35)25-30-15-22(24(29)32-25)31-26(36)27(11-12-27)18-7-2-1-3-8-18/h1-10,13-15H,11-12,16H2,(H,31,36)(H2,29,30,32). The minimum absolute atomic E-state index is 0.119. The maximum atomic E-state index is 14.3. The molecule has 0 radical (unpaired) electrons. The van der Waals surface area contributed by atoms with Gasteiger partial charge in [0.2, 0.25) is 5.91 Å². The molecule has 184 valence electrons. The lowest BCUT2D eigenvalue weighted by Gasteiger charge is -2.16. The van der Waals surface area contributed by atoms with Crippen LogP contribution >= 0.6 is 0 Å². The number of benzene rings is 2. The van der Waals surface area contributed by atoms with Gasteiger partial charge < -0.3 is 15.6 Å². The molecule has 3 heterocycles. The minimum Gasteiger partial charge on any atom is -0.382 e. The van der Waals surface area contributed by atoms with Gasteiger partial charge >= 0.3 is 0 Å². The number of halogens is 1. The summed E-state index contributed by atoms with van der Waals surface area (Å²) in [6.45, 7) is 0.167. The Hall–Kier alpha value is -4.86. The van der Waals surface area contributed by atoms with Crippen molar-refractivity contribution in [2.45, 2.75) is 24.8 Å². The number of hydrogen-bond donors (Lipinski definition) is 2. The summed E-state index contributed by atoms with van der Waals surface area (Å²) in [4.78, 5) is 21.9. The van der Waals surface area contributed by atoms with E-state index in [-0.39, 0.29) is 29.9 Å². The monoisotopic (exact) mass is 495 g/mol. The first-order valence-electron chi connectivity index (χ1n) is 11.8. The fourth-order valence-electron chi connectivity index (χ4n) is 4.37. The van der Waals surface area contributed by atoms with Gasteiger partial charge in [0.25, 0.3) is 0 Å². The number of rotatable bonds is 7. The van der Waals surface area contributed by atoms with Crippen LogP contribution in [0.4, 0.5) is 15.9 Å². The molecule has 6 rings (SSSR count). The van der Waals surface area contributed by atoms with Crippen LogP contribution < -0.4 is 11.1 Å². The highest BCUT2D eigenvalue weighted by molar-refractivity contribution is 6.02. The fourth-order valence-corrected chi connectivity index (χ4v) is 4.37.